The summed E-state index contributed by atoms with van der Waals surface area (Å²) in [6.45, 7) is 2.57. The van der Waals surface area contributed by atoms with Gasteiger partial charge in [-0.25, -0.2) is 0 Å². The number of amides is 2. The molecule has 0 spiro atoms. The summed E-state index contributed by atoms with van der Waals surface area (Å²) >= 11 is 0. The van der Waals surface area contributed by atoms with Gasteiger partial charge >= 0.3 is 0 Å². The van der Waals surface area contributed by atoms with E-state index in [0.717, 1.165) is 12.8 Å². The Morgan fingerprint density at radius 2 is 2.29 bits per heavy atom. The van der Waals surface area contributed by atoms with Gasteiger partial charge in [0.25, 0.3) is 0 Å². The third-order valence-electron chi connectivity index (χ3n) is 3.22. The van der Waals surface area contributed by atoms with Crippen LogP contribution < -0.4 is 0 Å². The van der Waals surface area contributed by atoms with Gasteiger partial charge in [0.15, 0.2) is 0 Å². The molecule has 2 amide bonds. The number of hydrogen-bond acceptors (Lipinski definition) is 3. The standard InChI is InChI=1S/C13H17NO3/c1-2-8-17-9-7-14-12(15)10-5-3-4-6-11(10)13(14)16/h2-3,5,8,10-11H,4,6-7,9H2,1H3. The predicted octanol–water partition coefficient (Wildman–Crippen LogP) is 1.49. The van der Waals surface area contributed by atoms with Crippen molar-refractivity contribution in [1.29, 1.82) is 0 Å². The van der Waals surface area contributed by atoms with Gasteiger partial charge in [-0.15, -0.1) is 0 Å². The van der Waals surface area contributed by atoms with Crippen molar-refractivity contribution < 1.29 is 14.3 Å². The summed E-state index contributed by atoms with van der Waals surface area (Å²) in [5.41, 5.74) is 0. The molecule has 0 aromatic rings. The van der Waals surface area contributed by atoms with Crippen LogP contribution in [0.25, 0.3) is 0 Å². The van der Waals surface area contributed by atoms with Crippen LogP contribution in [0, 0.1) is 11.8 Å². The molecule has 1 fully saturated rings. The zero-order valence-electron chi connectivity index (χ0n) is 9.96. The van der Waals surface area contributed by atoms with Crippen LogP contribution in [-0.2, 0) is 14.3 Å². The van der Waals surface area contributed by atoms with Crippen molar-refractivity contribution in [2.45, 2.75) is 19.8 Å². The zero-order valence-corrected chi connectivity index (χ0v) is 9.96. The fraction of sp³-hybridized carbons (Fsp3) is 0.538. The van der Waals surface area contributed by atoms with E-state index in [1.165, 1.54) is 4.90 Å². The van der Waals surface area contributed by atoms with Crippen LogP contribution in [0.15, 0.2) is 24.5 Å². The summed E-state index contributed by atoms with van der Waals surface area (Å²) in [6.07, 6.45) is 8.89. The number of allylic oxidation sites excluding steroid dienone is 2. The van der Waals surface area contributed by atoms with Crippen LogP contribution in [-0.4, -0.2) is 29.9 Å². The van der Waals surface area contributed by atoms with E-state index in [4.69, 9.17) is 4.74 Å². The van der Waals surface area contributed by atoms with E-state index in [0.29, 0.717) is 13.2 Å². The first-order valence-corrected chi connectivity index (χ1v) is 6.00. The topological polar surface area (TPSA) is 46.6 Å². The summed E-state index contributed by atoms with van der Waals surface area (Å²) in [6, 6.07) is 0. The Hall–Kier alpha value is -1.58. The van der Waals surface area contributed by atoms with Gasteiger partial charge in [-0.1, -0.05) is 18.2 Å². The van der Waals surface area contributed by atoms with Gasteiger partial charge in [0.1, 0.15) is 6.61 Å². The van der Waals surface area contributed by atoms with Gasteiger partial charge in [-0.05, 0) is 19.8 Å². The highest BCUT2D eigenvalue weighted by Gasteiger charge is 2.46. The lowest BCUT2D eigenvalue weighted by Gasteiger charge is -2.14. The molecule has 1 aliphatic carbocycles. The Balaban J connectivity index is 1.97. The zero-order chi connectivity index (χ0) is 12.3. The Labute approximate surface area is 101 Å². The van der Waals surface area contributed by atoms with Gasteiger partial charge < -0.3 is 4.74 Å². The van der Waals surface area contributed by atoms with Crippen LogP contribution >= 0.6 is 0 Å². The lowest BCUT2D eigenvalue weighted by Crippen LogP contribution is -2.33. The van der Waals surface area contributed by atoms with E-state index in [-0.39, 0.29) is 23.7 Å². The van der Waals surface area contributed by atoms with Crippen molar-refractivity contribution in [3.8, 4) is 0 Å². The summed E-state index contributed by atoms with van der Waals surface area (Å²) in [7, 11) is 0. The minimum Gasteiger partial charge on any atom is -0.500 e. The van der Waals surface area contributed by atoms with Gasteiger partial charge in [-0.2, -0.15) is 0 Å². The number of imide groups is 1. The Kier molecular flexibility index (Phi) is 3.61. The summed E-state index contributed by atoms with van der Waals surface area (Å²) < 4.78 is 5.15. The van der Waals surface area contributed by atoms with Crippen LogP contribution in [0.2, 0.25) is 0 Å². The van der Waals surface area contributed by atoms with Gasteiger partial charge in [0, 0.05) is 0 Å². The largest absolute Gasteiger partial charge is 0.500 e. The van der Waals surface area contributed by atoms with Gasteiger partial charge in [0.05, 0.1) is 24.6 Å². The molecule has 1 aliphatic heterocycles. The highest BCUT2D eigenvalue weighted by atomic mass is 16.5. The molecule has 1 saturated heterocycles. The maximum absolute atomic E-state index is 12.0. The fourth-order valence-corrected chi connectivity index (χ4v) is 2.38. The van der Waals surface area contributed by atoms with Crippen molar-refractivity contribution in [2.24, 2.45) is 11.8 Å². The molecule has 92 valence electrons. The summed E-state index contributed by atoms with van der Waals surface area (Å²) in [5, 5.41) is 0. The first-order chi connectivity index (χ1) is 8.25. The molecule has 0 aromatic carbocycles. The highest BCUT2D eigenvalue weighted by Crippen LogP contribution is 2.33. The number of carbonyl (C=O) groups is 2. The van der Waals surface area contributed by atoms with Crippen molar-refractivity contribution in [2.75, 3.05) is 13.2 Å². The van der Waals surface area contributed by atoms with E-state index >= 15 is 0 Å². The van der Waals surface area contributed by atoms with Crippen LogP contribution in [0.1, 0.15) is 19.8 Å². The minimum atomic E-state index is -0.224. The number of fused-ring (bicyclic) bond motifs is 1. The second kappa shape index (κ2) is 5.17. The lowest BCUT2D eigenvalue weighted by molar-refractivity contribution is -0.140. The van der Waals surface area contributed by atoms with Crippen LogP contribution in [0.5, 0.6) is 0 Å². The molecule has 4 heteroatoms. The SMILES string of the molecule is CC=COCCN1C(=O)C2C=CCCC2C1=O. The molecular weight excluding hydrogens is 218 g/mol. The number of carbonyl (C=O) groups excluding carboxylic acids is 2. The van der Waals surface area contributed by atoms with Crippen LogP contribution in [0.3, 0.4) is 0 Å². The molecule has 2 aliphatic rings. The molecule has 2 atom stereocenters. The lowest BCUT2D eigenvalue weighted by atomic mass is 9.86. The van der Waals surface area contributed by atoms with E-state index in [1.54, 1.807) is 12.3 Å². The molecule has 0 radical (unpaired) electrons. The van der Waals surface area contributed by atoms with Gasteiger partial charge in [0.2, 0.25) is 11.8 Å². The van der Waals surface area contributed by atoms with Gasteiger partial charge in [-0.3, -0.25) is 14.5 Å². The second-order valence-electron chi connectivity index (χ2n) is 4.31. The molecule has 4 nitrogen and oxygen atoms in total. The normalized spacial score (nSPS) is 27.9. The number of hydrogen-bond donors (Lipinski definition) is 0. The van der Waals surface area contributed by atoms with Crippen molar-refractivity contribution in [3.63, 3.8) is 0 Å². The molecular formula is C13H17NO3. The maximum Gasteiger partial charge on any atom is 0.237 e. The van der Waals surface area contributed by atoms with Crippen molar-refractivity contribution >= 4 is 11.8 Å². The monoisotopic (exact) mass is 235 g/mol. The number of likely N-dealkylation sites (tertiary alicyclic amines) is 1. The molecule has 17 heavy (non-hydrogen) atoms. The van der Waals surface area contributed by atoms with E-state index in [9.17, 15) is 9.59 Å². The molecule has 1 heterocycles. The summed E-state index contributed by atoms with van der Waals surface area (Å²) in [4.78, 5) is 25.3. The molecule has 2 rings (SSSR count). The highest BCUT2D eigenvalue weighted by molar-refractivity contribution is 6.06. The number of nitrogens with zero attached hydrogens (tertiary/aromatic N) is 1. The van der Waals surface area contributed by atoms with Crippen molar-refractivity contribution in [1.82, 2.24) is 4.90 Å². The maximum atomic E-state index is 12.0. The second-order valence-corrected chi connectivity index (χ2v) is 4.31. The van der Waals surface area contributed by atoms with E-state index in [1.807, 2.05) is 19.1 Å². The Bertz CT molecular complexity index is 373. The molecule has 2 unspecified atom stereocenters. The molecule has 0 bridgehead atoms. The average molecular weight is 235 g/mol. The minimum absolute atomic E-state index is 0.0339. The molecule has 0 N–H and O–H groups in total. The Morgan fingerprint density at radius 1 is 1.47 bits per heavy atom. The third-order valence-corrected chi connectivity index (χ3v) is 3.22. The molecule has 0 saturated carbocycles. The fourth-order valence-electron chi connectivity index (χ4n) is 2.38. The number of ether oxygens (including phenoxy) is 1. The first-order valence-electron chi connectivity index (χ1n) is 6.00. The number of rotatable bonds is 4. The smallest absolute Gasteiger partial charge is 0.237 e. The Morgan fingerprint density at radius 3 is 3.00 bits per heavy atom. The third kappa shape index (κ3) is 2.25. The average Bonchev–Trinajstić information content (AvgIpc) is 2.60. The quantitative estimate of drug-likeness (QED) is 0.321. The van der Waals surface area contributed by atoms with Crippen molar-refractivity contribution in [3.05, 3.63) is 24.5 Å². The summed E-state index contributed by atoms with van der Waals surface area (Å²) in [5.74, 6) is -0.458. The van der Waals surface area contributed by atoms with E-state index < -0.39 is 0 Å². The predicted molar refractivity (Wildman–Crippen MR) is 62.8 cm³/mol. The molecule has 0 aromatic heterocycles. The first kappa shape index (κ1) is 11.9. The van der Waals surface area contributed by atoms with E-state index in [2.05, 4.69) is 0 Å². The van der Waals surface area contributed by atoms with Crippen LogP contribution in [0.4, 0.5) is 0 Å².